The van der Waals surface area contributed by atoms with Gasteiger partial charge in [0.15, 0.2) is 5.11 Å². The first-order valence-corrected chi connectivity index (χ1v) is 7.31. The van der Waals surface area contributed by atoms with Crippen molar-refractivity contribution in [3.63, 3.8) is 0 Å². The van der Waals surface area contributed by atoms with Crippen molar-refractivity contribution >= 4 is 34.6 Å². The second-order valence-corrected chi connectivity index (χ2v) is 5.38. The standard InChI is InChI=1S/C16H17ClN2OS/c1-11-14(17)4-3-5-15(11)19-16(21)18-10-12-6-8-13(20-2)9-7-12/h3-9H,10H2,1-2H3,(H2,18,19,21). The number of anilines is 1. The lowest BCUT2D eigenvalue weighted by Crippen LogP contribution is -2.28. The van der Waals surface area contributed by atoms with Crippen molar-refractivity contribution in [1.82, 2.24) is 5.32 Å². The molecule has 0 amide bonds. The van der Waals surface area contributed by atoms with Crippen LogP contribution in [0.3, 0.4) is 0 Å². The summed E-state index contributed by atoms with van der Waals surface area (Å²) in [6, 6.07) is 13.5. The highest BCUT2D eigenvalue weighted by atomic mass is 35.5. The molecule has 0 fully saturated rings. The van der Waals surface area contributed by atoms with Crippen LogP contribution in [0, 0.1) is 6.92 Å². The average Bonchev–Trinajstić information content (AvgIpc) is 2.50. The third-order valence-electron chi connectivity index (χ3n) is 3.13. The number of thiocarbonyl (C=S) groups is 1. The van der Waals surface area contributed by atoms with Crippen LogP contribution < -0.4 is 15.4 Å². The maximum absolute atomic E-state index is 6.08. The summed E-state index contributed by atoms with van der Waals surface area (Å²) in [6.45, 7) is 2.60. The molecular weight excluding hydrogens is 304 g/mol. The van der Waals surface area contributed by atoms with Crippen LogP contribution in [0.4, 0.5) is 5.69 Å². The van der Waals surface area contributed by atoms with Crippen molar-refractivity contribution in [2.45, 2.75) is 13.5 Å². The Morgan fingerprint density at radius 3 is 2.57 bits per heavy atom. The molecule has 0 heterocycles. The van der Waals surface area contributed by atoms with Gasteiger partial charge in [0.05, 0.1) is 7.11 Å². The highest BCUT2D eigenvalue weighted by Gasteiger charge is 2.04. The van der Waals surface area contributed by atoms with E-state index >= 15 is 0 Å². The van der Waals surface area contributed by atoms with Crippen LogP contribution in [0.1, 0.15) is 11.1 Å². The van der Waals surface area contributed by atoms with Crippen molar-refractivity contribution in [3.8, 4) is 5.75 Å². The second-order valence-electron chi connectivity index (χ2n) is 4.57. The molecule has 0 aliphatic rings. The zero-order valence-corrected chi connectivity index (χ0v) is 13.5. The Kier molecular flexibility index (Phi) is 5.42. The Bertz CT molecular complexity index is 629. The van der Waals surface area contributed by atoms with E-state index in [-0.39, 0.29) is 0 Å². The van der Waals surface area contributed by atoms with Gasteiger partial charge in [-0.1, -0.05) is 29.8 Å². The molecule has 0 aliphatic heterocycles. The molecule has 21 heavy (non-hydrogen) atoms. The van der Waals surface area contributed by atoms with Crippen molar-refractivity contribution in [2.24, 2.45) is 0 Å². The molecular formula is C16H17ClN2OS. The lowest BCUT2D eigenvalue weighted by atomic mass is 10.2. The number of benzene rings is 2. The predicted molar refractivity (Wildman–Crippen MR) is 92.2 cm³/mol. The van der Waals surface area contributed by atoms with Gasteiger partial charge in [-0.15, -0.1) is 0 Å². The van der Waals surface area contributed by atoms with Gasteiger partial charge in [0, 0.05) is 17.3 Å². The minimum atomic E-state index is 0.566. The van der Waals surface area contributed by atoms with Gasteiger partial charge in [-0.05, 0) is 54.5 Å². The van der Waals surface area contributed by atoms with E-state index in [2.05, 4.69) is 10.6 Å². The van der Waals surface area contributed by atoms with E-state index < -0.39 is 0 Å². The van der Waals surface area contributed by atoms with Gasteiger partial charge in [-0.25, -0.2) is 0 Å². The lowest BCUT2D eigenvalue weighted by Gasteiger charge is -2.13. The normalized spacial score (nSPS) is 10.0. The third-order valence-corrected chi connectivity index (χ3v) is 3.78. The molecule has 2 rings (SSSR count). The molecule has 0 unspecified atom stereocenters. The SMILES string of the molecule is COc1ccc(CNC(=S)Nc2cccc(Cl)c2C)cc1. The number of ether oxygens (including phenoxy) is 1. The molecule has 0 saturated carbocycles. The topological polar surface area (TPSA) is 33.3 Å². The van der Waals surface area contributed by atoms with E-state index in [1.54, 1.807) is 7.11 Å². The molecule has 2 N–H and O–H groups in total. The third kappa shape index (κ3) is 4.34. The zero-order valence-electron chi connectivity index (χ0n) is 11.9. The van der Waals surface area contributed by atoms with Crippen LogP contribution in [0.25, 0.3) is 0 Å². The molecule has 0 aromatic heterocycles. The summed E-state index contributed by atoms with van der Waals surface area (Å²) < 4.78 is 5.13. The average molecular weight is 321 g/mol. The highest BCUT2D eigenvalue weighted by Crippen LogP contribution is 2.22. The fraction of sp³-hybridized carbons (Fsp3) is 0.188. The van der Waals surface area contributed by atoms with Crippen LogP contribution in [0.5, 0.6) is 5.75 Å². The smallest absolute Gasteiger partial charge is 0.171 e. The van der Waals surface area contributed by atoms with Crippen molar-refractivity contribution in [2.75, 3.05) is 12.4 Å². The Balaban J connectivity index is 1.91. The quantitative estimate of drug-likeness (QED) is 0.829. The van der Waals surface area contributed by atoms with E-state index in [9.17, 15) is 0 Å². The Morgan fingerprint density at radius 2 is 1.90 bits per heavy atom. The Hall–Kier alpha value is -1.78. The van der Waals surface area contributed by atoms with Crippen molar-refractivity contribution in [3.05, 3.63) is 58.6 Å². The second kappa shape index (κ2) is 7.29. The summed E-state index contributed by atoms with van der Waals surface area (Å²) in [7, 11) is 1.65. The highest BCUT2D eigenvalue weighted by molar-refractivity contribution is 7.80. The maximum Gasteiger partial charge on any atom is 0.171 e. The predicted octanol–water partition coefficient (Wildman–Crippen LogP) is 4.14. The maximum atomic E-state index is 6.08. The minimum Gasteiger partial charge on any atom is -0.497 e. The Morgan fingerprint density at radius 1 is 1.19 bits per heavy atom. The fourth-order valence-corrected chi connectivity index (χ4v) is 2.19. The van der Waals surface area contributed by atoms with Gasteiger partial charge in [-0.3, -0.25) is 0 Å². The van der Waals surface area contributed by atoms with E-state index in [1.165, 1.54) is 0 Å². The monoisotopic (exact) mass is 320 g/mol. The van der Waals surface area contributed by atoms with Gasteiger partial charge >= 0.3 is 0 Å². The first-order valence-electron chi connectivity index (χ1n) is 6.53. The number of hydrogen-bond donors (Lipinski definition) is 2. The number of rotatable bonds is 4. The van der Waals surface area contributed by atoms with Crippen LogP contribution >= 0.6 is 23.8 Å². The van der Waals surface area contributed by atoms with E-state index in [0.29, 0.717) is 11.7 Å². The summed E-state index contributed by atoms with van der Waals surface area (Å²) in [4.78, 5) is 0. The first kappa shape index (κ1) is 15.6. The number of halogens is 1. The lowest BCUT2D eigenvalue weighted by molar-refractivity contribution is 0.414. The molecule has 5 heteroatoms. The van der Waals surface area contributed by atoms with Crippen LogP contribution in [0.15, 0.2) is 42.5 Å². The molecule has 2 aromatic rings. The molecule has 110 valence electrons. The van der Waals surface area contributed by atoms with Crippen molar-refractivity contribution < 1.29 is 4.74 Å². The molecule has 0 aliphatic carbocycles. The molecule has 0 bridgehead atoms. The first-order chi connectivity index (χ1) is 10.1. The molecule has 0 radical (unpaired) electrons. The van der Waals surface area contributed by atoms with Gasteiger partial charge in [0.25, 0.3) is 0 Å². The minimum absolute atomic E-state index is 0.566. The number of methoxy groups -OCH3 is 1. The van der Waals surface area contributed by atoms with Crippen molar-refractivity contribution in [1.29, 1.82) is 0 Å². The molecule has 0 spiro atoms. The molecule has 2 aromatic carbocycles. The van der Waals surface area contributed by atoms with Gasteiger partial charge in [0.1, 0.15) is 5.75 Å². The van der Waals surface area contributed by atoms with Crippen LogP contribution in [0.2, 0.25) is 5.02 Å². The van der Waals surface area contributed by atoms with E-state index in [4.69, 9.17) is 28.6 Å². The number of hydrogen-bond acceptors (Lipinski definition) is 2. The number of nitrogens with one attached hydrogen (secondary N) is 2. The van der Waals surface area contributed by atoms with Crippen LogP contribution in [-0.4, -0.2) is 12.2 Å². The summed E-state index contributed by atoms with van der Waals surface area (Å²) in [6.07, 6.45) is 0. The fourth-order valence-electron chi connectivity index (χ4n) is 1.84. The molecule has 0 atom stereocenters. The zero-order chi connectivity index (χ0) is 15.2. The van der Waals surface area contributed by atoms with Crippen LogP contribution in [-0.2, 0) is 6.54 Å². The summed E-state index contributed by atoms with van der Waals surface area (Å²) >= 11 is 11.4. The largest absolute Gasteiger partial charge is 0.497 e. The van der Waals surface area contributed by atoms with Gasteiger partial charge in [0.2, 0.25) is 0 Å². The molecule has 3 nitrogen and oxygen atoms in total. The Labute approximate surface area is 135 Å². The van der Waals surface area contributed by atoms with E-state index in [1.807, 2.05) is 49.4 Å². The molecule has 0 saturated heterocycles. The summed E-state index contributed by atoms with van der Waals surface area (Å²) in [5, 5.41) is 7.61. The van der Waals surface area contributed by atoms with Gasteiger partial charge < -0.3 is 15.4 Å². The van der Waals surface area contributed by atoms with Gasteiger partial charge in [-0.2, -0.15) is 0 Å². The summed E-state index contributed by atoms with van der Waals surface area (Å²) in [5.41, 5.74) is 3.02. The van der Waals surface area contributed by atoms with E-state index in [0.717, 1.165) is 27.6 Å². The summed E-state index contributed by atoms with van der Waals surface area (Å²) in [5.74, 6) is 0.842.